The summed E-state index contributed by atoms with van der Waals surface area (Å²) in [5.74, 6) is -0.591. The fourth-order valence-electron chi connectivity index (χ4n) is 3.25. The highest BCUT2D eigenvalue weighted by atomic mass is 35.5. The number of hydrogen-bond donors (Lipinski definition) is 1. The summed E-state index contributed by atoms with van der Waals surface area (Å²) in [6.45, 7) is 0.839. The highest BCUT2D eigenvalue weighted by molar-refractivity contribution is 6.30. The first-order valence-corrected chi connectivity index (χ1v) is 9.56. The van der Waals surface area contributed by atoms with Crippen molar-refractivity contribution in [1.82, 2.24) is 4.90 Å². The quantitative estimate of drug-likeness (QED) is 0.746. The number of carbonyl (C=O) groups is 2. The van der Waals surface area contributed by atoms with Gasteiger partial charge in [-0.25, -0.2) is 4.39 Å². The molecule has 1 heterocycles. The number of rotatable bonds is 7. The minimum atomic E-state index is -1.06. The molecule has 0 aliphatic carbocycles. The molecule has 2 amide bonds. The second-order valence-electron chi connectivity index (χ2n) is 7.04. The molecule has 1 aliphatic heterocycles. The molecule has 0 aromatic heterocycles. The lowest BCUT2D eigenvalue weighted by Gasteiger charge is -2.42. The molecule has 2 aromatic carbocycles. The van der Waals surface area contributed by atoms with Crippen LogP contribution in [0.5, 0.6) is 5.75 Å². The van der Waals surface area contributed by atoms with Gasteiger partial charge >= 0.3 is 0 Å². The van der Waals surface area contributed by atoms with Crippen molar-refractivity contribution in [3.63, 3.8) is 0 Å². The van der Waals surface area contributed by atoms with Crippen LogP contribution in [0.3, 0.4) is 0 Å². The number of nitrogens with zero attached hydrogens (tertiary/aromatic N) is 1. The minimum absolute atomic E-state index is 0.00625. The Morgan fingerprint density at radius 1 is 1.17 bits per heavy atom. The maximum Gasteiger partial charge on any atom is 0.227 e. The van der Waals surface area contributed by atoms with Crippen LogP contribution in [0.1, 0.15) is 12.0 Å². The van der Waals surface area contributed by atoms with Gasteiger partial charge in [-0.05, 0) is 42.0 Å². The number of primary amides is 1. The van der Waals surface area contributed by atoms with Crippen LogP contribution < -0.4 is 10.5 Å². The molecule has 8 heteroatoms. The van der Waals surface area contributed by atoms with Crippen molar-refractivity contribution in [3.8, 4) is 5.75 Å². The SMILES string of the molecule is NC(=O)C[C@@]1(COc2ccc(F)cc2)CN(C(=O)Cc2ccc(Cl)cc2)CCO1. The zero-order valence-corrected chi connectivity index (χ0v) is 16.5. The fourth-order valence-corrected chi connectivity index (χ4v) is 3.38. The number of amides is 2. The Balaban J connectivity index is 1.69. The van der Waals surface area contributed by atoms with E-state index in [-0.39, 0.29) is 44.3 Å². The molecule has 29 heavy (non-hydrogen) atoms. The van der Waals surface area contributed by atoms with Crippen LogP contribution in [0.2, 0.25) is 5.02 Å². The molecule has 0 bridgehead atoms. The van der Waals surface area contributed by atoms with Crippen LogP contribution in [0, 0.1) is 5.82 Å². The van der Waals surface area contributed by atoms with Gasteiger partial charge in [0.05, 0.1) is 26.0 Å². The average Bonchev–Trinajstić information content (AvgIpc) is 2.69. The molecule has 2 N–H and O–H groups in total. The molecule has 0 spiro atoms. The number of nitrogens with two attached hydrogens (primary N) is 1. The van der Waals surface area contributed by atoms with Gasteiger partial charge in [-0.1, -0.05) is 23.7 Å². The van der Waals surface area contributed by atoms with Crippen molar-refractivity contribution in [2.75, 3.05) is 26.3 Å². The molecule has 2 aromatic rings. The van der Waals surface area contributed by atoms with E-state index < -0.39 is 11.5 Å². The highest BCUT2D eigenvalue weighted by Crippen LogP contribution is 2.25. The van der Waals surface area contributed by atoms with Crippen molar-refractivity contribution in [3.05, 3.63) is 64.9 Å². The summed E-state index contributed by atoms with van der Waals surface area (Å²) in [5.41, 5.74) is 5.20. The Labute approximate surface area is 173 Å². The first kappa shape index (κ1) is 21.1. The van der Waals surface area contributed by atoms with Gasteiger partial charge in [0, 0.05) is 11.6 Å². The van der Waals surface area contributed by atoms with E-state index in [9.17, 15) is 14.0 Å². The number of ether oxygens (including phenoxy) is 2. The topological polar surface area (TPSA) is 81.9 Å². The maximum atomic E-state index is 13.1. The van der Waals surface area contributed by atoms with Gasteiger partial charge in [0.2, 0.25) is 11.8 Å². The smallest absolute Gasteiger partial charge is 0.227 e. The van der Waals surface area contributed by atoms with Crippen molar-refractivity contribution in [1.29, 1.82) is 0 Å². The monoisotopic (exact) mass is 420 g/mol. The molecule has 1 fully saturated rings. The summed E-state index contributed by atoms with van der Waals surface area (Å²) in [7, 11) is 0. The standard InChI is InChI=1S/C21H22ClFN2O4/c22-16-3-1-15(2-4-16)11-20(27)25-9-10-29-21(13-25,12-19(24)26)14-28-18-7-5-17(23)6-8-18/h1-8H,9-14H2,(H2,24,26)/t21-/m0/s1. The third-order valence-electron chi connectivity index (χ3n) is 4.68. The van der Waals surface area contributed by atoms with E-state index in [1.54, 1.807) is 29.2 Å². The van der Waals surface area contributed by atoms with Gasteiger partial charge in [0.25, 0.3) is 0 Å². The summed E-state index contributed by atoms with van der Waals surface area (Å²) in [6.07, 6.45) is 0.113. The van der Waals surface area contributed by atoms with E-state index in [0.717, 1.165) is 5.56 Å². The number of halogens is 2. The van der Waals surface area contributed by atoms with Gasteiger partial charge in [-0.15, -0.1) is 0 Å². The number of morpholine rings is 1. The lowest BCUT2D eigenvalue weighted by atomic mass is 9.97. The van der Waals surface area contributed by atoms with E-state index >= 15 is 0 Å². The van der Waals surface area contributed by atoms with Gasteiger partial charge in [-0.2, -0.15) is 0 Å². The number of benzene rings is 2. The third kappa shape index (κ3) is 5.92. The maximum absolute atomic E-state index is 13.1. The molecule has 3 rings (SSSR count). The molecule has 1 atom stereocenters. The largest absolute Gasteiger partial charge is 0.490 e. The number of carbonyl (C=O) groups excluding carboxylic acids is 2. The van der Waals surface area contributed by atoms with Crippen LogP contribution in [0.4, 0.5) is 4.39 Å². The molecular weight excluding hydrogens is 399 g/mol. The van der Waals surface area contributed by atoms with Crippen LogP contribution in [-0.4, -0.2) is 48.6 Å². The van der Waals surface area contributed by atoms with Crippen LogP contribution in [0.15, 0.2) is 48.5 Å². The molecule has 154 valence electrons. The Bertz CT molecular complexity index is 860. The Hall–Kier alpha value is -2.64. The Morgan fingerprint density at radius 2 is 1.86 bits per heavy atom. The molecular formula is C21H22ClFN2O4. The summed E-state index contributed by atoms with van der Waals surface area (Å²) < 4.78 is 24.6. The Kier molecular flexibility index (Phi) is 6.71. The van der Waals surface area contributed by atoms with Gasteiger partial charge in [-0.3, -0.25) is 9.59 Å². The summed E-state index contributed by atoms with van der Waals surface area (Å²) in [5, 5.41) is 0.603. The average molecular weight is 421 g/mol. The highest BCUT2D eigenvalue weighted by Gasteiger charge is 2.40. The molecule has 0 unspecified atom stereocenters. The lowest BCUT2D eigenvalue weighted by Crippen LogP contribution is -2.58. The second-order valence-corrected chi connectivity index (χ2v) is 7.47. The van der Waals surface area contributed by atoms with E-state index in [4.69, 9.17) is 26.8 Å². The van der Waals surface area contributed by atoms with E-state index in [1.807, 2.05) is 0 Å². The molecule has 1 aliphatic rings. The predicted octanol–water partition coefficient (Wildman–Crippen LogP) is 2.57. The molecule has 1 saturated heterocycles. The van der Waals surface area contributed by atoms with Crippen molar-refractivity contribution in [2.45, 2.75) is 18.4 Å². The van der Waals surface area contributed by atoms with E-state index in [0.29, 0.717) is 17.3 Å². The van der Waals surface area contributed by atoms with Gasteiger partial charge in [0.15, 0.2) is 0 Å². The fraction of sp³-hybridized carbons (Fsp3) is 0.333. The molecule has 0 saturated carbocycles. The van der Waals surface area contributed by atoms with E-state index in [2.05, 4.69) is 0 Å². The van der Waals surface area contributed by atoms with Crippen molar-refractivity contribution < 1.29 is 23.5 Å². The van der Waals surface area contributed by atoms with Gasteiger partial charge < -0.3 is 20.1 Å². The van der Waals surface area contributed by atoms with Crippen molar-refractivity contribution in [2.24, 2.45) is 5.73 Å². The normalized spacial score (nSPS) is 19.0. The molecule has 0 radical (unpaired) electrons. The zero-order valence-electron chi connectivity index (χ0n) is 15.8. The van der Waals surface area contributed by atoms with Gasteiger partial charge in [0.1, 0.15) is 23.8 Å². The first-order valence-electron chi connectivity index (χ1n) is 9.18. The molecule has 6 nitrogen and oxygen atoms in total. The Morgan fingerprint density at radius 3 is 2.52 bits per heavy atom. The second kappa shape index (κ2) is 9.24. The number of hydrogen-bond acceptors (Lipinski definition) is 4. The summed E-state index contributed by atoms with van der Waals surface area (Å²) in [4.78, 5) is 26.1. The van der Waals surface area contributed by atoms with Crippen LogP contribution >= 0.6 is 11.6 Å². The lowest BCUT2D eigenvalue weighted by molar-refractivity contribution is -0.161. The van der Waals surface area contributed by atoms with Crippen LogP contribution in [-0.2, 0) is 20.7 Å². The summed E-state index contributed by atoms with van der Waals surface area (Å²) >= 11 is 5.89. The minimum Gasteiger partial charge on any atom is -0.490 e. The summed E-state index contributed by atoms with van der Waals surface area (Å²) in [6, 6.07) is 12.6. The zero-order chi connectivity index (χ0) is 20.9. The van der Waals surface area contributed by atoms with Crippen LogP contribution in [0.25, 0.3) is 0 Å². The predicted molar refractivity (Wildman–Crippen MR) is 106 cm³/mol. The first-order chi connectivity index (χ1) is 13.8. The van der Waals surface area contributed by atoms with Crippen molar-refractivity contribution >= 4 is 23.4 Å². The van der Waals surface area contributed by atoms with E-state index in [1.165, 1.54) is 24.3 Å². The third-order valence-corrected chi connectivity index (χ3v) is 4.93.